The summed E-state index contributed by atoms with van der Waals surface area (Å²) in [6.07, 6.45) is -3.34. The van der Waals surface area contributed by atoms with Crippen molar-refractivity contribution >= 4 is 30.7 Å². The molecular formula is C25H34FN6O7P. The number of carbonyl (C=O) groups excluding carboxylic acids is 1. The van der Waals surface area contributed by atoms with Gasteiger partial charge in [0, 0.05) is 7.05 Å². The Hall–Kier alpha value is -3.16. The van der Waals surface area contributed by atoms with Gasteiger partial charge in [0.05, 0.1) is 19.0 Å². The van der Waals surface area contributed by atoms with Crippen LogP contribution in [0.1, 0.15) is 39.7 Å². The highest BCUT2D eigenvalue weighted by atomic mass is 31.2. The number of aryl methyl sites for hydroxylation is 1. The molecule has 218 valence electrons. The number of aliphatic hydroxyl groups excluding tert-OH is 1. The molecule has 0 saturated carbocycles. The van der Waals surface area contributed by atoms with E-state index < -0.39 is 56.6 Å². The number of ether oxygens (including phenoxy) is 2. The van der Waals surface area contributed by atoms with Crippen LogP contribution < -0.4 is 14.9 Å². The van der Waals surface area contributed by atoms with Gasteiger partial charge in [0.25, 0.3) is 0 Å². The summed E-state index contributed by atoms with van der Waals surface area (Å²) in [5.74, 6) is 0.404. The maximum absolute atomic E-state index is 16.0. The number of aromatic nitrogens is 4. The second-order valence-corrected chi connectivity index (χ2v) is 11.5. The van der Waals surface area contributed by atoms with Crippen LogP contribution in [0.4, 0.5) is 10.2 Å². The molecule has 1 aliphatic rings. The third-order valence-corrected chi connectivity index (χ3v) is 7.82. The lowest BCUT2D eigenvalue weighted by Gasteiger charge is -2.25. The maximum Gasteiger partial charge on any atom is 0.459 e. The van der Waals surface area contributed by atoms with Crippen LogP contribution in [0.5, 0.6) is 5.75 Å². The van der Waals surface area contributed by atoms with Crippen LogP contribution in [-0.2, 0) is 23.4 Å². The molecule has 0 spiro atoms. The van der Waals surface area contributed by atoms with Crippen LogP contribution in [0.2, 0.25) is 0 Å². The Labute approximate surface area is 231 Å². The summed E-state index contributed by atoms with van der Waals surface area (Å²) in [6.45, 7) is 7.13. The van der Waals surface area contributed by atoms with Crippen LogP contribution >= 0.6 is 7.75 Å². The fraction of sp³-hybridized carbons (Fsp3) is 0.520. The second-order valence-electron chi connectivity index (χ2n) is 9.85. The Balaban J connectivity index is 1.56. The lowest BCUT2D eigenvalue weighted by molar-refractivity contribution is -0.149. The number of imidazole rings is 1. The topological polar surface area (TPSA) is 159 Å². The van der Waals surface area contributed by atoms with Crippen molar-refractivity contribution in [2.75, 3.05) is 19.0 Å². The van der Waals surface area contributed by atoms with Crippen molar-refractivity contribution in [3.63, 3.8) is 0 Å². The minimum atomic E-state index is -4.26. The van der Waals surface area contributed by atoms with E-state index in [1.807, 2.05) is 0 Å². The fourth-order valence-electron chi connectivity index (χ4n) is 4.23. The average molecular weight is 581 g/mol. The first-order valence-electron chi connectivity index (χ1n) is 12.7. The molecular weight excluding hydrogens is 546 g/mol. The van der Waals surface area contributed by atoms with Gasteiger partial charge in [-0.1, -0.05) is 18.2 Å². The summed E-state index contributed by atoms with van der Waals surface area (Å²) in [7, 11) is -2.59. The van der Waals surface area contributed by atoms with E-state index in [4.69, 9.17) is 18.5 Å². The third-order valence-electron chi connectivity index (χ3n) is 6.17. The number of hydrogen-bond donors (Lipinski definition) is 3. The number of alkyl halides is 1. The van der Waals surface area contributed by atoms with Crippen molar-refractivity contribution in [2.45, 2.75) is 70.9 Å². The van der Waals surface area contributed by atoms with Crippen molar-refractivity contribution in [3.8, 4) is 5.75 Å². The van der Waals surface area contributed by atoms with Gasteiger partial charge < -0.3 is 24.4 Å². The summed E-state index contributed by atoms with van der Waals surface area (Å²) < 4.78 is 53.4. The predicted molar refractivity (Wildman–Crippen MR) is 143 cm³/mol. The van der Waals surface area contributed by atoms with Gasteiger partial charge in [-0.3, -0.25) is 13.9 Å². The Morgan fingerprint density at radius 2 is 1.98 bits per heavy atom. The Kier molecular flexibility index (Phi) is 8.76. The summed E-state index contributed by atoms with van der Waals surface area (Å²) in [5, 5.41) is 16.4. The van der Waals surface area contributed by atoms with E-state index in [0.29, 0.717) is 22.8 Å². The highest BCUT2D eigenvalue weighted by Crippen LogP contribution is 2.48. The number of halogens is 1. The molecule has 15 heteroatoms. The molecule has 2 aromatic heterocycles. The molecule has 0 amide bonds. The van der Waals surface area contributed by atoms with Crippen LogP contribution in [-0.4, -0.2) is 74.3 Å². The van der Waals surface area contributed by atoms with E-state index in [-0.39, 0.29) is 5.75 Å². The average Bonchev–Trinajstić information content (AvgIpc) is 3.40. The monoisotopic (exact) mass is 580 g/mol. The van der Waals surface area contributed by atoms with Gasteiger partial charge >= 0.3 is 13.7 Å². The van der Waals surface area contributed by atoms with Crippen LogP contribution in [0.15, 0.2) is 36.7 Å². The molecule has 6 atom stereocenters. The van der Waals surface area contributed by atoms with E-state index in [1.54, 1.807) is 58.2 Å². The van der Waals surface area contributed by atoms with Gasteiger partial charge in [0.1, 0.15) is 29.8 Å². The molecule has 0 aliphatic carbocycles. The number of hydrogen-bond acceptors (Lipinski definition) is 11. The van der Waals surface area contributed by atoms with Gasteiger partial charge in [0.2, 0.25) is 0 Å². The molecule has 0 bridgehead atoms. The minimum absolute atomic E-state index is 0.198. The summed E-state index contributed by atoms with van der Waals surface area (Å²) in [6, 6.07) is 7.10. The maximum atomic E-state index is 16.0. The Morgan fingerprint density at radius 3 is 2.62 bits per heavy atom. The van der Waals surface area contributed by atoms with Crippen molar-refractivity contribution in [2.24, 2.45) is 0 Å². The number of aliphatic hydroxyl groups is 1. The summed E-state index contributed by atoms with van der Waals surface area (Å²) in [4.78, 5) is 25.3. The number of carbonyl (C=O) groups is 1. The van der Waals surface area contributed by atoms with E-state index >= 15 is 4.39 Å². The molecule has 3 aromatic rings. The molecule has 13 nitrogen and oxygen atoms in total. The van der Waals surface area contributed by atoms with E-state index in [2.05, 4.69) is 25.4 Å². The number of nitrogens with zero attached hydrogens (tertiary/aromatic N) is 4. The Bertz CT molecular complexity index is 1390. The first-order valence-corrected chi connectivity index (χ1v) is 14.3. The molecule has 3 heterocycles. The van der Waals surface area contributed by atoms with Gasteiger partial charge in [-0.25, -0.2) is 23.9 Å². The van der Waals surface area contributed by atoms with Gasteiger partial charge in [-0.2, -0.15) is 5.09 Å². The van der Waals surface area contributed by atoms with E-state index in [9.17, 15) is 14.5 Å². The highest BCUT2D eigenvalue weighted by molar-refractivity contribution is 7.52. The summed E-state index contributed by atoms with van der Waals surface area (Å²) >= 11 is 0. The molecule has 1 aliphatic heterocycles. The van der Waals surface area contributed by atoms with Gasteiger partial charge in [-0.05, 0) is 46.8 Å². The van der Waals surface area contributed by atoms with Crippen molar-refractivity contribution in [3.05, 3.63) is 42.5 Å². The molecule has 0 radical (unpaired) electrons. The molecule has 4 rings (SSSR count). The second kappa shape index (κ2) is 11.8. The Morgan fingerprint density at radius 1 is 1.27 bits per heavy atom. The SMILES string of the molecule is CNc1nc(C)nc2c1ncn2[C@@H]1OC(COP(=O)(N[C@H](C)C(=O)OC(C)C)Oc2ccccc2)[C@@H](O)[C@@]1(C)F. The molecule has 1 aromatic carbocycles. The van der Waals surface area contributed by atoms with Crippen molar-refractivity contribution in [1.82, 2.24) is 24.6 Å². The normalized spacial score (nSPS) is 25.1. The minimum Gasteiger partial charge on any atom is -0.462 e. The van der Waals surface area contributed by atoms with Crippen LogP contribution in [0, 0.1) is 6.92 Å². The highest BCUT2D eigenvalue weighted by Gasteiger charge is 2.56. The predicted octanol–water partition coefficient (Wildman–Crippen LogP) is 3.30. The lowest BCUT2D eigenvalue weighted by Crippen LogP contribution is -2.41. The zero-order chi connectivity index (χ0) is 29.2. The lowest BCUT2D eigenvalue weighted by atomic mass is 9.98. The number of rotatable bonds is 11. The number of para-hydroxylation sites is 1. The van der Waals surface area contributed by atoms with Crippen molar-refractivity contribution < 1.29 is 37.4 Å². The smallest absolute Gasteiger partial charge is 0.459 e. The van der Waals surface area contributed by atoms with E-state index in [1.165, 1.54) is 24.7 Å². The van der Waals surface area contributed by atoms with Crippen LogP contribution in [0.25, 0.3) is 11.2 Å². The molecule has 2 unspecified atom stereocenters. The largest absolute Gasteiger partial charge is 0.462 e. The number of anilines is 1. The zero-order valence-corrected chi connectivity index (χ0v) is 24.0. The number of nitrogens with one attached hydrogen (secondary N) is 2. The quantitative estimate of drug-likeness (QED) is 0.225. The number of esters is 1. The number of fused-ring (bicyclic) bond motifs is 1. The molecule has 1 saturated heterocycles. The fourth-order valence-corrected chi connectivity index (χ4v) is 5.73. The number of benzene rings is 1. The summed E-state index contributed by atoms with van der Waals surface area (Å²) in [5.41, 5.74) is -1.61. The zero-order valence-electron chi connectivity index (χ0n) is 23.1. The standard InChI is InChI=1S/C25H34FN6O7P/c1-14(2)37-23(34)15(3)31-40(35,39-17-10-8-7-9-11-17)36-12-18-20(33)25(5,26)24(38-18)32-13-28-19-21(27-6)29-16(4)30-22(19)32/h7-11,13-15,18,20,24,33H,12H2,1-6H3,(H,31,35)(H,27,29,30)/t15-,18?,20-,24-,25-,40?/m1/s1. The first kappa shape index (κ1) is 29.8. The third kappa shape index (κ3) is 6.26. The van der Waals surface area contributed by atoms with Gasteiger partial charge in [-0.15, -0.1) is 0 Å². The first-order chi connectivity index (χ1) is 18.8. The molecule has 1 fully saturated rings. The van der Waals surface area contributed by atoms with Crippen LogP contribution in [0.3, 0.4) is 0 Å². The molecule has 3 N–H and O–H groups in total. The van der Waals surface area contributed by atoms with E-state index in [0.717, 1.165) is 0 Å². The van der Waals surface area contributed by atoms with Gasteiger partial charge in [0.15, 0.2) is 28.9 Å². The van der Waals surface area contributed by atoms with Crippen molar-refractivity contribution in [1.29, 1.82) is 0 Å². The molecule has 40 heavy (non-hydrogen) atoms.